The molecule has 0 fully saturated rings. The zero-order chi connectivity index (χ0) is 12.1. The molecule has 3 N–H and O–H groups in total. The predicted molar refractivity (Wildman–Crippen MR) is 60.7 cm³/mol. The maximum atomic E-state index is 11.6. The van der Waals surface area contributed by atoms with Crippen molar-refractivity contribution >= 4 is 5.91 Å². The third kappa shape index (κ3) is 3.43. The van der Waals surface area contributed by atoms with E-state index in [4.69, 9.17) is 0 Å². The molecule has 1 rings (SSSR count). The van der Waals surface area contributed by atoms with E-state index >= 15 is 0 Å². The highest BCUT2D eigenvalue weighted by Crippen LogP contribution is 2.21. The SMILES string of the molecule is CN(C)CCNC(=O)c1cc(O)ccc1O. The van der Waals surface area contributed by atoms with E-state index in [0.29, 0.717) is 13.1 Å². The zero-order valence-corrected chi connectivity index (χ0v) is 9.40. The monoisotopic (exact) mass is 224 g/mol. The van der Waals surface area contributed by atoms with E-state index in [9.17, 15) is 15.0 Å². The summed E-state index contributed by atoms with van der Waals surface area (Å²) in [4.78, 5) is 13.5. The smallest absolute Gasteiger partial charge is 0.255 e. The quantitative estimate of drug-likeness (QED) is 0.647. The number of benzene rings is 1. The molecule has 0 aliphatic heterocycles. The standard InChI is InChI=1S/C11H16N2O3/c1-13(2)6-5-12-11(16)9-7-8(14)3-4-10(9)15/h3-4,7,14-15H,5-6H2,1-2H3,(H,12,16). The van der Waals surface area contributed by atoms with Crippen molar-refractivity contribution in [3.63, 3.8) is 0 Å². The Bertz CT molecular complexity index is 377. The van der Waals surface area contributed by atoms with E-state index in [1.807, 2.05) is 19.0 Å². The second-order valence-corrected chi connectivity index (χ2v) is 3.76. The molecular weight excluding hydrogens is 208 g/mol. The Morgan fingerprint density at radius 2 is 2.06 bits per heavy atom. The summed E-state index contributed by atoms with van der Waals surface area (Å²) in [6, 6.07) is 3.85. The molecule has 0 saturated carbocycles. The van der Waals surface area contributed by atoms with Gasteiger partial charge in [-0.25, -0.2) is 0 Å². The fraction of sp³-hybridized carbons (Fsp3) is 0.364. The van der Waals surface area contributed by atoms with Gasteiger partial charge in [0.05, 0.1) is 5.56 Å². The van der Waals surface area contributed by atoms with Crippen molar-refractivity contribution in [3.8, 4) is 11.5 Å². The van der Waals surface area contributed by atoms with Crippen molar-refractivity contribution in [1.29, 1.82) is 0 Å². The molecule has 0 radical (unpaired) electrons. The maximum Gasteiger partial charge on any atom is 0.255 e. The summed E-state index contributed by atoms with van der Waals surface area (Å²) in [5, 5.41) is 21.3. The second-order valence-electron chi connectivity index (χ2n) is 3.76. The fourth-order valence-electron chi connectivity index (χ4n) is 1.19. The van der Waals surface area contributed by atoms with Crippen LogP contribution in [-0.4, -0.2) is 48.2 Å². The number of carbonyl (C=O) groups excluding carboxylic acids is 1. The Kier molecular flexibility index (Phi) is 4.13. The summed E-state index contributed by atoms with van der Waals surface area (Å²) >= 11 is 0. The number of hydrogen-bond acceptors (Lipinski definition) is 4. The first-order valence-corrected chi connectivity index (χ1v) is 4.95. The minimum absolute atomic E-state index is 0.0458. The molecule has 1 aromatic carbocycles. The number of nitrogens with zero attached hydrogens (tertiary/aromatic N) is 1. The van der Waals surface area contributed by atoms with Gasteiger partial charge in [0.15, 0.2) is 0 Å². The normalized spacial score (nSPS) is 10.4. The average Bonchev–Trinajstić information content (AvgIpc) is 2.21. The Hall–Kier alpha value is -1.75. The minimum Gasteiger partial charge on any atom is -0.508 e. The van der Waals surface area contributed by atoms with Crippen LogP contribution in [0.5, 0.6) is 11.5 Å². The van der Waals surface area contributed by atoms with Gasteiger partial charge in [0, 0.05) is 13.1 Å². The molecule has 16 heavy (non-hydrogen) atoms. The number of phenolic OH excluding ortho intramolecular Hbond substituents is 2. The first-order valence-electron chi connectivity index (χ1n) is 4.95. The molecule has 1 amide bonds. The summed E-state index contributed by atoms with van der Waals surface area (Å²) in [6.45, 7) is 1.20. The van der Waals surface area contributed by atoms with Gasteiger partial charge in [0.1, 0.15) is 11.5 Å². The van der Waals surface area contributed by atoms with E-state index in [0.717, 1.165) is 0 Å². The third-order valence-electron chi connectivity index (χ3n) is 2.07. The van der Waals surface area contributed by atoms with Crippen LogP contribution in [0, 0.1) is 0 Å². The number of rotatable bonds is 4. The van der Waals surface area contributed by atoms with Gasteiger partial charge in [-0.15, -0.1) is 0 Å². The Morgan fingerprint density at radius 1 is 1.38 bits per heavy atom. The highest BCUT2D eigenvalue weighted by Gasteiger charge is 2.11. The van der Waals surface area contributed by atoms with Crippen LogP contribution in [0.25, 0.3) is 0 Å². The Morgan fingerprint density at radius 3 is 2.69 bits per heavy atom. The molecule has 0 heterocycles. The van der Waals surface area contributed by atoms with Crippen molar-refractivity contribution in [2.45, 2.75) is 0 Å². The van der Waals surface area contributed by atoms with Gasteiger partial charge in [0.2, 0.25) is 0 Å². The summed E-state index contributed by atoms with van der Waals surface area (Å²) in [6.07, 6.45) is 0. The number of hydrogen-bond donors (Lipinski definition) is 3. The van der Waals surface area contributed by atoms with Gasteiger partial charge in [-0.3, -0.25) is 4.79 Å². The topological polar surface area (TPSA) is 72.8 Å². The van der Waals surface area contributed by atoms with Crippen molar-refractivity contribution in [2.75, 3.05) is 27.2 Å². The van der Waals surface area contributed by atoms with Crippen LogP contribution in [0.15, 0.2) is 18.2 Å². The van der Waals surface area contributed by atoms with Crippen LogP contribution in [-0.2, 0) is 0 Å². The lowest BCUT2D eigenvalue weighted by Crippen LogP contribution is -2.31. The molecule has 0 aromatic heterocycles. The summed E-state index contributed by atoms with van der Waals surface area (Å²) in [5.41, 5.74) is 0.0822. The van der Waals surface area contributed by atoms with Gasteiger partial charge < -0.3 is 20.4 Å². The van der Waals surface area contributed by atoms with E-state index in [1.165, 1.54) is 18.2 Å². The van der Waals surface area contributed by atoms with Gasteiger partial charge >= 0.3 is 0 Å². The van der Waals surface area contributed by atoms with E-state index in [1.54, 1.807) is 0 Å². The molecule has 0 aliphatic rings. The van der Waals surface area contributed by atoms with Crippen LogP contribution < -0.4 is 5.32 Å². The molecule has 1 aromatic rings. The van der Waals surface area contributed by atoms with Crippen molar-refractivity contribution < 1.29 is 15.0 Å². The molecule has 0 saturated heterocycles. The highest BCUT2D eigenvalue weighted by molar-refractivity contribution is 5.97. The second kappa shape index (κ2) is 5.37. The predicted octanol–water partition coefficient (Wildman–Crippen LogP) is 0.389. The van der Waals surface area contributed by atoms with Crippen LogP contribution in [0.4, 0.5) is 0 Å². The number of amides is 1. The van der Waals surface area contributed by atoms with Gasteiger partial charge in [0.25, 0.3) is 5.91 Å². The first-order chi connectivity index (χ1) is 7.50. The lowest BCUT2D eigenvalue weighted by Gasteiger charge is -2.11. The van der Waals surface area contributed by atoms with Crippen LogP contribution in [0.2, 0.25) is 0 Å². The fourth-order valence-corrected chi connectivity index (χ4v) is 1.19. The molecule has 0 bridgehead atoms. The lowest BCUT2D eigenvalue weighted by atomic mass is 10.2. The van der Waals surface area contributed by atoms with Crippen molar-refractivity contribution in [1.82, 2.24) is 10.2 Å². The van der Waals surface area contributed by atoms with Crippen molar-refractivity contribution in [2.24, 2.45) is 0 Å². The minimum atomic E-state index is -0.393. The largest absolute Gasteiger partial charge is 0.508 e. The van der Waals surface area contributed by atoms with Gasteiger partial charge in [-0.2, -0.15) is 0 Å². The molecule has 0 unspecified atom stereocenters. The van der Waals surface area contributed by atoms with Crippen LogP contribution >= 0.6 is 0 Å². The molecule has 88 valence electrons. The molecule has 5 heteroatoms. The van der Waals surface area contributed by atoms with Gasteiger partial charge in [-0.05, 0) is 32.3 Å². The number of aromatic hydroxyl groups is 2. The van der Waals surface area contributed by atoms with E-state index < -0.39 is 5.91 Å². The summed E-state index contributed by atoms with van der Waals surface area (Å²) < 4.78 is 0. The molecule has 5 nitrogen and oxygen atoms in total. The van der Waals surface area contributed by atoms with E-state index in [2.05, 4.69) is 5.32 Å². The number of phenols is 2. The molecule has 0 spiro atoms. The third-order valence-corrected chi connectivity index (χ3v) is 2.07. The lowest BCUT2D eigenvalue weighted by molar-refractivity contribution is 0.0948. The molecular formula is C11H16N2O3. The number of nitrogens with one attached hydrogen (secondary N) is 1. The van der Waals surface area contributed by atoms with Crippen molar-refractivity contribution in [3.05, 3.63) is 23.8 Å². The average molecular weight is 224 g/mol. The van der Waals surface area contributed by atoms with Crippen LogP contribution in [0.1, 0.15) is 10.4 Å². The Balaban J connectivity index is 2.62. The zero-order valence-electron chi connectivity index (χ0n) is 9.40. The molecule has 0 atom stereocenters. The number of carbonyl (C=O) groups is 1. The first kappa shape index (κ1) is 12.3. The summed E-state index contributed by atoms with van der Waals surface area (Å²) in [7, 11) is 3.80. The maximum absolute atomic E-state index is 11.6. The van der Waals surface area contributed by atoms with E-state index in [-0.39, 0.29) is 17.1 Å². The highest BCUT2D eigenvalue weighted by atomic mass is 16.3. The van der Waals surface area contributed by atoms with Gasteiger partial charge in [-0.1, -0.05) is 0 Å². The molecule has 0 aliphatic carbocycles. The summed E-state index contributed by atoms with van der Waals surface area (Å²) in [5.74, 6) is -0.578. The number of likely N-dealkylation sites (N-methyl/N-ethyl adjacent to an activating group) is 1. The Labute approximate surface area is 94.3 Å². The van der Waals surface area contributed by atoms with Crippen LogP contribution in [0.3, 0.4) is 0 Å².